The Morgan fingerprint density at radius 3 is 2.15 bits per heavy atom. The topological polar surface area (TPSA) is 85.2 Å². The summed E-state index contributed by atoms with van der Waals surface area (Å²) < 4.78 is 10.6. The first-order valence-corrected chi connectivity index (χ1v) is 8.61. The molecule has 0 aromatic heterocycles. The Morgan fingerprint density at radius 1 is 1.00 bits per heavy atom. The van der Waals surface area contributed by atoms with E-state index < -0.39 is 4.92 Å². The Bertz CT molecular complexity index is 784. The normalized spacial score (nSPS) is 14.0. The van der Waals surface area contributed by atoms with Gasteiger partial charge in [0.25, 0.3) is 11.6 Å². The molecule has 0 saturated carbocycles. The van der Waals surface area contributed by atoms with Gasteiger partial charge in [-0.15, -0.1) is 0 Å². The molecular weight excluding hydrogens is 350 g/mol. The number of benzene rings is 2. The molecular formula is C19H21N3O5. The first-order valence-electron chi connectivity index (χ1n) is 8.61. The third kappa shape index (κ3) is 4.66. The standard InChI is InChI=1S/C19H21N3O5/c1-26-17-6-8-18(9-7-17)27-14-19(23)21-12-10-20(11-13-21)15-2-4-16(5-3-15)22(24)25/h2-9H,10-14H2,1H3. The fourth-order valence-electron chi connectivity index (χ4n) is 2.91. The lowest BCUT2D eigenvalue weighted by atomic mass is 10.2. The Hall–Kier alpha value is -3.29. The van der Waals surface area contributed by atoms with Crippen LogP contribution in [0.3, 0.4) is 0 Å². The number of hydrogen-bond donors (Lipinski definition) is 0. The van der Waals surface area contributed by atoms with Crippen molar-refractivity contribution in [3.8, 4) is 11.5 Å². The lowest BCUT2D eigenvalue weighted by Gasteiger charge is -2.36. The van der Waals surface area contributed by atoms with Gasteiger partial charge < -0.3 is 19.3 Å². The zero-order chi connectivity index (χ0) is 19.2. The van der Waals surface area contributed by atoms with Crippen LogP contribution in [0.4, 0.5) is 11.4 Å². The van der Waals surface area contributed by atoms with Crippen LogP contribution < -0.4 is 14.4 Å². The maximum atomic E-state index is 12.3. The van der Waals surface area contributed by atoms with Gasteiger partial charge in [0.2, 0.25) is 0 Å². The monoisotopic (exact) mass is 371 g/mol. The molecule has 1 amide bonds. The van der Waals surface area contributed by atoms with Crippen molar-refractivity contribution in [1.29, 1.82) is 0 Å². The number of carbonyl (C=O) groups excluding carboxylic acids is 1. The smallest absolute Gasteiger partial charge is 0.269 e. The van der Waals surface area contributed by atoms with E-state index in [-0.39, 0.29) is 18.2 Å². The van der Waals surface area contributed by atoms with Gasteiger partial charge in [-0.25, -0.2) is 0 Å². The molecule has 8 nitrogen and oxygen atoms in total. The molecule has 0 bridgehead atoms. The highest BCUT2D eigenvalue weighted by Gasteiger charge is 2.22. The number of carbonyl (C=O) groups is 1. The minimum Gasteiger partial charge on any atom is -0.497 e. The second-order valence-electron chi connectivity index (χ2n) is 6.11. The summed E-state index contributed by atoms with van der Waals surface area (Å²) in [5.74, 6) is 1.29. The Kier molecular flexibility index (Phi) is 5.75. The summed E-state index contributed by atoms with van der Waals surface area (Å²) >= 11 is 0. The molecule has 1 aliphatic rings. The van der Waals surface area contributed by atoms with E-state index >= 15 is 0 Å². The number of anilines is 1. The molecule has 0 atom stereocenters. The minimum atomic E-state index is -0.413. The van der Waals surface area contributed by atoms with Crippen LogP contribution in [0.15, 0.2) is 48.5 Å². The maximum absolute atomic E-state index is 12.3. The summed E-state index contributed by atoms with van der Waals surface area (Å²) in [6.07, 6.45) is 0. The van der Waals surface area contributed by atoms with Gasteiger partial charge in [-0.3, -0.25) is 14.9 Å². The zero-order valence-corrected chi connectivity index (χ0v) is 15.0. The number of methoxy groups -OCH3 is 1. The second-order valence-corrected chi connectivity index (χ2v) is 6.11. The fourth-order valence-corrected chi connectivity index (χ4v) is 2.91. The number of ether oxygens (including phenoxy) is 2. The van der Waals surface area contributed by atoms with E-state index in [9.17, 15) is 14.9 Å². The number of rotatable bonds is 6. The quantitative estimate of drug-likeness (QED) is 0.572. The van der Waals surface area contributed by atoms with Crippen LogP contribution in [0, 0.1) is 10.1 Å². The highest BCUT2D eigenvalue weighted by atomic mass is 16.6. The number of nitro benzene ring substituents is 1. The van der Waals surface area contributed by atoms with Crippen LogP contribution in [0.5, 0.6) is 11.5 Å². The molecule has 8 heteroatoms. The maximum Gasteiger partial charge on any atom is 0.269 e. The van der Waals surface area contributed by atoms with Crippen molar-refractivity contribution >= 4 is 17.3 Å². The van der Waals surface area contributed by atoms with Gasteiger partial charge in [0.15, 0.2) is 6.61 Å². The number of nitrogens with zero attached hydrogens (tertiary/aromatic N) is 3. The van der Waals surface area contributed by atoms with E-state index in [1.807, 2.05) is 0 Å². The number of amides is 1. The highest BCUT2D eigenvalue weighted by Crippen LogP contribution is 2.21. The minimum absolute atomic E-state index is 0.0101. The van der Waals surface area contributed by atoms with Crippen LogP contribution in [0.2, 0.25) is 0 Å². The SMILES string of the molecule is COc1ccc(OCC(=O)N2CCN(c3ccc([N+](=O)[O-])cc3)CC2)cc1. The van der Waals surface area contributed by atoms with Crippen LogP contribution in [0.25, 0.3) is 0 Å². The summed E-state index contributed by atoms with van der Waals surface area (Å²) in [6, 6.07) is 13.6. The predicted octanol–water partition coefficient (Wildman–Crippen LogP) is 2.33. The van der Waals surface area contributed by atoms with Gasteiger partial charge in [-0.1, -0.05) is 0 Å². The molecule has 2 aromatic rings. The largest absolute Gasteiger partial charge is 0.497 e. The number of piperazine rings is 1. The first kappa shape index (κ1) is 18.5. The van der Waals surface area contributed by atoms with E-state index in [0.717, 1.165) is 11.4 Å². The van der Waals surface area contributed by atoms with Crippen molar-refractivity contribution in [3.63, 3.8) is 0 Å². The van der Waals surface area contributed by atoms with E-state index in [0.29, 0.717) is 31.9 Å². The molecule has 2 aromatic carbocycles. The van der Waals surface area contributed by atoms with Crippen LogP contribution in [-0.4, -0.2) is 55.6 Å². The van der Waals surface area contributed by atoms with E-state index in [1.54, 1.807) is 48.4 Å². The molecule has 0 spiro atoms. The third-order valence-corrected chi connectivity index (χ3v) is 4.48. The second kappa shape index (κ2) is 8.39. The number of hydrogen-bond acceptors (Lipinski definition) is 6. The average molecular weight is 371 g/mol. The predicted molar refractivity (Wildman–Crippen MR) is 100 cm³/mol. The molecule has 0 aliphatic carbocycles. The van der Waals surface area contributed by atoms with Crippen molar-refractivity contribution in [2.75, 3.05) is 44.8 Å². The van der Waals surface area contributed by atoms with Crippen molar-refractivity contribution in [2.24, 2.45) is 0 Å². The summed E-state index contributed by atoms with van der Waals surface area (Å²) in [5, 5.41) is 10.7. The molecule has 0 N–H and O–H groups in total. The molecule has 142 valence electrons. The van der Waals surface area contributed by atoms with Gasteiger partial charge in [-0.2, -0.15) is 0 Å². The van der Waals surface area contributed by atoms with Gasteiger partial charge in [0.05, 0.1) is 12.0 Å². The summed E-state index contributed by atoms with van der Waals surface area (Å²) in [6.45, 7) is 2.51. The molecule has 1 saturated heterocycles. The zero-order valence-electron chi connectivity index (χ0n) is 15.0. The molecule has 3 rings (SSSR count). The Labute approximate surface area is 157 Å². The fraction of sp³-hybridized carbons (Fsp3) is 0.316. The number of nitro groups is 1. The van der Waals surface area contributed by atoms with Gasteiger partial charge in [0.1, 0.15) is 11.5 Å². The van der Waals surface area contributed by atoms with Crippen LogP contribution in [0.1, 0.15) is 0 Å². The van der Waals surface area contributed by atoms with Crippen molar-refractivity contribution in [1.82, 2.24) is 4.90 Å². The third-order valence-electron chi connectivity index (χ3n) is 4.48. The van der Waals surface area contributed by atoms with Gasteiger partial charge in [-0.05, 0) is 36.4 Å². The molecule has 27 heavy (non-hydrogen) atoms. The van der Waals surface area contributed by atoms with Crippen molar-refractivity contribution in [2.45, 2.75) is 0 Å². The lowest BCUT2D eigenvalue weighted by Crippen LogP contribution is -2.50. The summed E-state index contributed by atoms with van der Waals surface area (Å²) in [5.41, 5.74) is 0.991. The Morgan fingerprint density at radius 2 is 1.59 bits per heavy atom. The summed E-state index contributed by atoms with van der Waals surface area (Å²) in [7, 11) is 1.59. The molecule has 1 aliphatic heterocycles. The molecule has 0 unspecified atom stereocenters. The molecule has 0 radical (unpaired) electrons. The molecule has 1 fully saturated rings. The van der Waals surface area contributed by atoms with Gasteiger partial charge >= 0.3 is 0 Å². The van der Waals surface area contributed by atoms with E-state index in [2.05, 4.69) is 4.90 Å². The summed E-state index contributed by atoms with van der Waals surface area (Å²) in [4.78, 5) is 26.5. The Balaban J connectivity index is 1.47. The van der Waals surface area contributed by atoms with Crippen LogP contribution in [-0.2, 0) is 4.79 Å². The number of non-ortho nitro benzene ring substituents is 1. The van der Waals surface area contributed by atoms with E-state index in [1.165, 1.54) is 12.1 Å². The van der Waals surface area contributed by atoms with E-state index in [4.69, 9.17) is 9.47 Å². The van der Waals surface area contributed by atoms with Crippen molar-refractivity contribution < 1.29 is 19.2 Å². The first-order chi connectivity index (χ1) is 13.1. The average Bonchev–Trinajstić information content (AvgIpc) is 2.72. The molecule has 1 heterocycles. The lowest BCUT2D eigenvalue weighted by molar-refractivity contribution is -0.384. The van der Waals surface area contributed by atoms with Crippen LogP contribution >= 0.6 is 0 Å². The van der Waals surface area contributed by atoms with Gasteiger partial charge in [0, 0.05) is 44.0 Å². The van der Waals surface area contributed by atoms with Crippen molar-refractivity contribution in [3.05, 3.63) is 58.6 Å². The highest BCUT2D eigenvalue weighted by molar-refractivity contribution is 5.78.